The van der Waals surface area contributed by atoms with Crippen LogP contribution in [-0.4, -0.2) is 72.2 Å². The zero-order valence-electron chi connectivity index (χ0n) is 15.0. The first-order chi connectivity index (χ1) is 12.7. The van der Waals surface area contributed by atoms with Crippen LogP contribution in [0.25, 0.3) is 0 Å². The van der Waals surface area contributed by atoms with Crippen LogP contribution in [0.1, 0.15) is 38.5 Å². The van der Waals surface area contributed by atoms with Gasteiger partial charge in [-0.3, -0.25) is 14.5 Å². The molecule has 9 heteroatoms. The molecule has 0 unspecified atom stereocenters. The molecule has 142 valence electrons. The standard InChI is InChI=1S/C17H26N6O2S/c24-14-6-4-11-23(14)17-20-19-16(26-17)22-10-3-5-13(22)15(25)18-7-12-21-8-1-2-9-21/h13H,1-12H2,(H,18,25)/t13-/m0/s1. The second kappa shape index (κ2) is 7.87. The Labute approximate surface area is 157 Å². The first kappa shape index (κ1) is 17.7. The van der Waals surface area contributed by atoms with E-state index in [4.69, 9.17) is 0 Å². The van der Waals surface area contributed by atoms with Crippen LogP contribution in [-0.2, 0) is 9.59 Å². The van der Waals surface area contributed by atoms with Crippen LogP contribution in [0.4, 0.5) is 10.3 Å². The molecule has 3 saturated heterocycles. The van der Waals surface area contributed by atoms with Gasteiger partial charge >= 0.3 is 0 Å². The van der Waals surface area contributed by atoms with Crippen LogP contribution in [0, 0.1) is 0 Å². The largest absolute Gasteiger partial charge is 0.353 e. The molecule has 1 aromatic heterocycles. The van der Waals surface area contributed by atoms with Crippen molar-refractivity contribution in [3.05, 3.63) is 0 Å². The lowest BCUT2D eigenvalue weighted by Gasteiger charge is -2.23. The summed E-state index contributed by atoms with van der Waals surface area (Å²) in [5.74, 6) is 0.195. The maximum Gasteiger partial charge on any atom is 0.242 e. The molecule has 3 fully saturated rings. The molecule has 1 aromatic rings. The Morgan fingerprint density at radius 1 is 1.08 bits per heavy atom. The van der Waals surface area contributed by atoms with Crippen molar-refractivity contribution in [1.82, 2.24) is 20.4 Å². The van der Waals surface area contributed by atoms with E-state index in [-0.39, 0.29) is 17.9 Å². The minimum absolute atomic E-state index is 0.0793. The Morgan fingerprint density at radius 2 is 1.88 bits per heavy atom. The Bertz CT molecular complexity index is 659. The van der Waals surface area contributed by atoms with Crippen LogP contribution in [0.5, 0.6) is 0 Å². The van der Waals surface area contributed by atoms with E-state index < -0.39 is 0 Å². The van der Waals surface area contributed by atoms with Crippen LogP contribution in [0.2, 0.25) is 0 Å². The van der Waals surface area contributed by atoms with Crippen molar-refractivity contribution in [1.29, 1.82) is 0 Å². The van der Waals surface area contributed by atoms with Gasteiger partial charge in [0.15, 0.2) is 0 Å². The molecule has 4 heterocycles. The van der Waals surface area contributed by atoms with Gasteiger partial charge in [0.05, 0.1) is 0 Å². The summed E-state index contributed by atoms with van der Waals surface area (Å²) in [6, 6.07) is -0.177. The molecule has 0 radical (unpaired) electrons. The van der Waals surface area contributed by atoms with Crippen LogP contribution >= 0.6 is 11.3 Å². The molecule has 1 N–H and O–H groups in total. The Kier molecular flexibility index (Phi) is 5.35. The number of aromatic nitrogens is 2. The molecule has 26 heavy (non-hydrogen) atoms. The number of anilines is 2. The molecule has 0 aromatic carbocycles. The highest BCUT2D eigenvalue weighted by Gasteiger charge is 2.34. The summed E-state index contributed by atoms with van der Waals surface area (Å²) in [6.45, 7) is 5.45. The smallest absolute Gasteiger partial charge is 0.242 e. The van der Waals surface area contributed by atoms with Crippen molar-refractivity contribution >= 4 is 33.4 Å². The van der Waals surface area contributed by atoms with Crippen molar-refractivity contribution < 1.29 is 9.59 Å². The van der Waals surface area contributed by atoms with Gasteiger partial charge in [0.2, 0.25) is 22.1 Å². The molecule has 2 amide bonds. The summed E-state index contributed by atoms with van der Waals surface area (Å²) in [7, 11) is 0. The highest BCUT2D eigenvalue weighted by atomic mass is 32.1. The summed E-state index contributed by atoms with van der Waals surface area (Å²) in [5.41, 5.74) is 0. The van der Waals surface area contributed by atoms with Crippen LogP contribution in [0.3, 0.4) is 0 Å². The van der Waals surface area contributed by atoms with E-state index in [0.717, 1.165) is 50.6 Å². The molecule has 4 rings (SSSR count). The van der Waals surface area contributed by atoms with Gasteiger partial charge in [-0.25, -0.2) is 0 Å². The van der Waals surface area contributed by atoms with E-state index in [2.05, 4.69) is 20.4 Å². The SMILES string of the molecule is O=C(NCCN1CCCC1)[C@@H]1CCCN1c1nnc(N2CCCC2=O)s1. The van der Waals surface area contributed by atoms with Gasteiger partial charge in [-0.15, -0.1) is 10.2 Å². The minimum Gasteiger partial charge on any atom is -0.353 e. The lowest BCUT2D eigenvalue weighted by Crippen LogP contribution is -2.45. The number of rotatable bonds is 6. The fraction of sp³-hybridized carbons (Fsp3) is 0.765. The molecule has 1 atom stereocenters. The fourth-order valence-electron chi connectivity index (χ4n) is 4.01. The topological polar surface area (TPSA) is 81.7 Å². The number of hydrogen-bond donors (Lipinski definition) is 1. The number of carbonyl (C=O) groups is 2. The monoisotopic (exact) mass is 378 g/mol. The average Bonchev–Trinajstić information content (AvgIpc) is 3.41. The van der Waals surface area contributed by atoms with E-state index in [9.17, 15) is 9.59 Å². The van der Waals surface area contributed by atoms with E-state index >= 15 is 0 Å². The average molecular weight is 379 g/mol. The molecule has 0 bridgehead atoms. The summed E-state index contributed by atoms with van der Waals surface area (Å²) in [4.78, 5) is 30.7. The van der Waals surface area contributed by atoms with Gasteiger partial charge in [-0.2, -0.15) is 0 Å². The predicted molar refractivity (Wildman–Crippen MR) is 101 cm³/mol. The molecular formula is C17H26N6O2S. The molecule has 3 aliphatic heterocycles. The first-order valence-electron chi connectivity index (χ1n) is 9.63. The number of nitrogens with zero attached hydrogens (tertiary/aromatic N) is 5. The molecule has 3 aliphatic rings. The fourth-order valence-corrected chi connectivity index (χ4v) is 4.98. The van der Waals surface area contributed by atoms with Crippen molar-refractivity contribution in [2.45, 2.75) is 44.6 Å². The number of amides is 2. The van der Waals surface area contributed by atoms with Crippen molar-refractivity contribution in [2.75, 3.05) is 49.1 Å². The normalized spacial score (nSPS) is 24.0. The van der Waals surface area contributed by atoms with Gasteiger partial charge in [0, 0.05) is 32.6 Å². The van der Waals surface area contributed by atoms with E-state index in [1.807, 2.05) is 4.90 Å². The van der Waals surface area contributed by atoms with Crippen molar-refractivity contribution in [2.24, 2.45) is 0 Å². The zero-order chi connectivity index (χ0) is 17.9. The van der Waals surface area contributed by atoms with Gasteiger partial charge < -0.3 is 15.1 Å². The second-order valence-electron chi connectivity index (χ2n) is 7.21. The number of hydrogen-bond acceptors (Lipinski definition) is 7. The lowest BCUT2D eigenvalue weighted by atomic mass is 10.2. The quantitative estimate of drug-likeness (QED) is 0.790. The number of carbonyl (C=O) groups excluding carboxylic acids is 2. The van der Waals surface area contributed by atoms with Gasteiger partial charge in [0.25, 0.3) is 0 Å². The van der Waals surface area contributed by atoms with E-state index in [1.54, 1.807) is 4.90 Å². The van der Waals surface area contributed by atoms with Gasteiger partial charge in [-0.1, -0.05) is 11.3 Å². The Balaban J connectivity index is 1.34. The van der Waals surface area contributed by atoms with E-state index in [1.165, 1.54) is 24.2 Å². The van der Waals surface area contributed by atoms with Gasteiger partial charge in [0.1, 0.15) is 6.04 Å². The molecule has 0 spiro atoms. The molecule has 8 nitrogen and oxygen atoms in total. The zero-order valence-corrected chi connectivity index (χ0v) is 15.8. The van der Waals surface area contributed by atoms with Gasteiger partial charge in [-0.05, 0) is 45.2 Å². The number of nitrogens with one attached hydrogen (secondary N) is 1. The third-order valence-corrected chi connectivity index (χ3v) is 6.42. The molecule has 0 saturated carbocycles. The van der Waals surface area contributed by atoms with Crippen molar-refractivity contribution in [3.8, 4) is 0 Å². The predicted octanol–water partition coefficient (Wildman–Crippen LogP) is 0.846. The number of likely N-dealkylation sites (tertiary alicyclic amines) is 1. The minimum atomic E-state index is -0.177. The maximum atomic E-state index is 12.6. The molecule has 0 aliphatic carbocycles. The molecular weight excluding hydrogens is 352 g/mol. The summed E-state index contributed by atoms with van der Waals surface area (Å²) < 4.78 is 0. The highest BCUT2D eigenvalue weighted by molar-refractivity contribution is 7.19. The summed E-state index contributed by atoms with van der Waals surface area (Å²) >= 11 is 1.42. The lowest BCUT2D eigenvalue weighted by molar-refractivity contribution is -0.122. The summed E-state index contributed by atoms with van der Waals surface area (Å²) in [5, 5.41) is 13.0. The van der Waals surface area contributed by atoms with Crippen LogP contribution < -0.4 is 15.1 Å². The Morgan fingerprint density at radius 3 is 2.65 bits per heavy atom. The summed E-state index contributed by atoms with van der Waals surface area (Å²) in [6.07, 6.45) is 5.81. The Hall–Kier alpha value is -1.74. The van der Waals surface area contributed by atoms with E-state index in [0.29, 0.717) is 24.6 Å². The third-order valence-electron chi connectivity index (χ3n) is 5.44. The highest BCUT2D eigenvalue weighted by Crippen LogP contribution is 2.33. The first-order valence-corrected chi connectivity index (χ1v) is 10.4. The third kappa shape index (κ3) is 3.68. The van der Waals surface area contributed by atoms with Crippen LogP contribution in [0.15, 0.2) is 0 Å². The second-order valence-corrected chi connectivity index (χ2v) is 8.14. The maximum absolute atomic E-state index is 12.6. The van der Waals surface area contributed by atoms with Crippen molar-refractivity contribution in [3.63, 3.8) is 0 Å².